The van der Waals surface area contributed by atoms with Gasteiger partial charge < -0.3 is 28.4 Å². The number of ether oxygens (including phenoxy) is 2. The molecule has 7 heterocycles. The molecule has 0 saturated carbocycles. The zero-order chi connectivity index (χ0) is 39.2. The average molecular weight is 845 g/mol. The summed E-state index contributed by atoms with van der Waals surface area (Å²) >= 11 is 10.3. The van der Waals surface area contributed by atoms with Crippen LogP contribution >= 0.6 is 25.8 Å². The average Bonchev–Trinajstić information content (AvgIpc) is 3.95. The van der Waals surface area contributed by atoms with Crippen LogP contribution in [-0.4, -0.2) is 89.2 Å². The van der Waals surface area contributed by atoms with Crippen molar-refractivity contribution in [3.63, 3.8) is 0 Å². The van der Waals surface area contributed by atoms with E-state index in [2.05, 4.69) is 47.6 Å². The highest BCUT2D eigenvalue weighted by molar-refractivity contribution is 8.44. The highest BCUT2D eigenvalue weighted by atomic mass is 32.7. The molecule has 20 nitrogen and oxygen atoms in total. The first-order valence-corrected chi connectivity index (χ1v) is 22.6. The number of fused-ring (bicyclic) bond motifs is 5. The number of hydrogen-bond donors (Lipinski definition) is 3. The number of benzene rings is 1. The SMILES string of the molecule is C[C@@H]1[C@@H]2OP(=O)(S)OC[C@H]3O[C@@H](n4cnc5c(NC(=O)c6ccccc6)ncnc54)[C@H](OP(=S)(OCCC#N)OC[C@H]2O[C@H]1c1cnn2c(=O)[nH]cnc12)[C@@H]3C. The van der Waals surface area contributed by atoms with E-state index >= 15 is 0 Å². The number of amides is 1. The summed E-state index contributed by atoms with van der Waals surface area (Å²) in [6.07, 6.45) is 0.214. The van der Waals surface area contributed by atoms with E-state index < -0.39 is 73.7 Å². The molecule has 2 bridgehead atoms. The number of H-pyrrole nitrogens is 1. The predicted octanol–water partition coefficient (Wildman–Crippen LogP) is 4.13. The third-order valence-corrected chi connectivity index (χ3v) is 13.7. The first-order chi connectivity index (χ1) is 26.9. The van der Waals surface area contributed by atoms with Crippen LogP contribution in [0.5, 0.6) is 0 Å². The van der Waals surface area contributed by atoms with Gasteiger partial charge in [-0.15, -0.1) is 0 Å². The maximum atomic E-state index is 13.9. The minimum Gasteiger partial charge on any atom is -0.365 e. The summed E-state index contributed by atoms with van der Waals surface area (Å²) in [5, 5.41) is 16.3. The van der Waals surface area contributed by atoms with Crippen molar-refractivity contribution in [1.82, 2.24) is 39.1 Å². The Bertz CT molecular complexity index is 2470. The van der Waals surface area contributed by atoms with Gasteiger partial charge in [-0.3, -0.25) is 23.4 Å². The van der Waals surface area contributed by atoms with Crippen molar-refractivity contribution in [1.29, 1.82) is 5.26 Å². The lowest BCUT2D eigenvalue weighted by atomic mass is 9.95. The molecule has 294 valence electrons. The van der Waals surface area contributed by atoms with Crippen LogP contribution < -0.4 is 11.0 Å². The molecule has 0 radical (unpaired) electrons. The summed E-state index contributed by atoms with van der Waals surface area (Å²) in [6, 6.07) is 10.7. The number of nitrogens with zero attached hydrogens (tertiary/aromatic N) is 8. The second-order valence-corrected chi connectivity index (χ2v) is 19.0. The van der Waals surface area contributed by atoms with Crippen molar-refractivity contribution in [2.75, 3.05) is 25.1 Å². The smallest absolute Gasteiger partial charge is 0.365 e. The Labute approximate surface area is 328 Å². The molecule has 2 unspecified atom stereocenters. The van der Waals surface area contributed by atoms with E-state index in [9.17, 15) is 19.4 Å². The van der Waals surface area contributed by atoms with Gasteiger partial charge in [-0.05, 0) is 23.9 Å². The molecular weight excluding hydrogens is 810 g/mol. The second-order valence-electron chi connectivity index (χ2n) is 13.2. The van der Waals surface area contributed by atoms with Crippen LogP contribution in [0.3, 0.4) is 0 Å². The Balaban J connectivity index is 1.12. The van der Waals surface area contributed by atoms with Crippen LogP contribution in [-0.2, 0) is 48.5 Å². The third kappa shape index (κ3) is 7.57. The minimum atomic E-state index is -4.11. The fourth-order valence-electron chi connectivity index (χ4n) is 6.88. The van der Waals surface area contributed by atoms with E-state index in [1.165, 1.54) is 25.2 Å². The summed E-state index contributed by atoms with van der Waals surface area (Å²) < 4.78 is 60.5. The fraction of sp³-hybridized carbons (Fsp3) is 0.438. The maximum absolute atomic E-state index is 13.9. The number of carbonyl (C=O) groups is 1. The molecule has 10 atom stereocenters. The van der Waals surface area contributed by atoms with E-state index in [1.54, 1.807) is 34.9 Å². The molecule has 3 saturated heterocycles. The summed E-state index contributed by atoms with van der Waals surface area (Å²) in [6.45, 7) is -4.82. The molecule has 0 spiro atoms. The number of nitriles is 1. The van der Waals surface area contributed by atoms with Crippen molar-refractivity contribution in [3.8, 4) is 6.07 Å². The van der Waals surface area contributed by atoms with Gasteiger partial charge in [-0.2, -0.15) is 14.9 Å². The van der Waals surface area contributed by atoms with E-state index in [1.807, 2.05) is 19.9 Å². The number of aromatic nitrogens is 8. The maximum Gasteiger partial charge on any atom is 0.386 e. The highest BCUT2D eigenvalue weighted by Gasteiger charge is 2.52. The Hall–Kier alpha value is -3.97. The number of imidazole rings is 1. The van der Waals surface area contributed by atoms with E-state index in [0.29, 0.717) is 16.8 Å². The molecule has 4 aromatic heterocycles. The largest absolute Gasteiger partial charge is 0.386 e. The highest BCUT2D eigenvalue weighted by Crippen LogP contribution is 2.60. The molecule has 1 amide bonds. The van der Waals surface area contributed by atoms with E-state index in [4.69, 9.17) is 43.9 Å². The van der Waals surface area contributed by atoms with Gasteiger partial charge in [0.1, 0.15) is 24.6 Å². The van der Waals surface area contributed by atoms with Crippen molar-refractivity contribution >= 4 is 66.1 Å². The molecule has 8 rings (SSSR count). The molecule has 3 aliphatic rings. The lowest BCUT2D eigenvalue weighted by molar-refractivity contribution is -0.0551. The van der Waals surface area contributed by atoms with Gasteiger partial charge in [-0.1, -0.05) is 44.3 Å². The number of rotatable bonds is 7. The van der Waals surface area contributed by atoms with Gasteiger partial charge in [0.05, 0.1) is 63.4 Å². The van der Waals surface area contributed by atoms with Gasteiger partial charge in [0.2, 0.25) is 0 Å². The fourth-order valence-corrected chi connectivity index (χ4v) is 10.6. The van der Waals surface area contributed by atoms with Crippen molar-refractivity contribution < 1.29 is 41.5 Å². The van der Waals surface area contributed by atoms with Crippen LogP contribution in [0.1, 0.15) is 48.5 Å². The van der Waals surface area contributed by atoms with Crippen molar-refractivity contribution in [2.45, 2.75) is 57.0 Å². The van der Waals surface area contributed by atoms with Gasteiger partial charge in [-0.25, -0.2) is 29.3 Å². The monoisotopic (exact) mass is 844 g/mol. The number of anilines is 1. The lowest BCUT2D eigenvalue weighted by Crippen LogP contribution is -2.32. The molecule has 2 N–H and O–H groups in total. The van der Waals surface area contributed by atoms with E-state index in [0.717, 1.165) is 4.52 Å². The summed E-state index contributed by atoms with van der Waals surface area (Å²) in [4.78, 5) is 45.3. The van der Waals surface area contributed by atoms with Gasteiger partial charge in [0, 0.05) is 23.0 Å². The molecule has 5 aromatic rings. The quantitative estimate of drug-likeness (QED) is 0.119. The number of nitrogens with one attached hydrogen (secondary N) is 2. The van der Waals surface area contributed by atoms with Crippen LogP contribution in [0.15, 0.2) is 60.3 Å². The molecule has 56 heavy (non-hydrogen) atoms. The van der Waals surface area contributed by atoms with E-state index in [-0.39, 0.29) is 43.2 Å². The summed E-state index contributed by atoms with van der Waals surface area (Å²) in [5.41, 5.74) is 1.24. The molecule has 24 heteroatoms. The summed E-state index contributed by atoms with van der Waals surface area (Å²) in [5.74, 6) is -1.24. The third-order valence-electron chi connectivity index (χ3n) is 9.70. The molecule has 0 aliphatic carbocycles. The molecule has 1 aromatic carbocycles. The van der Waals surface area contributed by atoms with Crippen LogP contribution in [0.2, 0.25) is 0 Å². The van der Waals surface area contributed by atoms with Crippen molar-refractivity contribution in [3.05, 3.63) is 77.1 Å². The standard InChI is InChI=1S/C32H34N10O10P2S2/c1-17-21-12-47-53(45,55)51-25-18(2)24(20-11-39-42-28(20)35-15-37-32(42)44)49-22(25)13-48-54(56,46-10-6-9-33)52-26(17)31(50-21)41-16-38-23-27(34-14-36-29(23)41)40-30(43)19-7-4-3-5-8-19/h3-5,7-8,11,14-18,21-22,24-26,31H,6,10,12-13H2,1-2H3,(H,45,55)(H,35,37,44)(H,34,36,40,43)/t17-,18+,21-,22-,24-,25+,26-,31-,53?,54?/m1/s1. The zero-order valence-corrected chi connectivity index (χ0v) is 33.1. The van der Waals surface area contributed by atoms with Crippen LogP contribution in [0.4, 0.5) is 5.82 Å². The van der Waals surface area contributed by atoms with Crippen LogP contribution in [0.25, 0.3) is 16.8 Å². The number of thiol groups is 1. The summed E-state index contributed by atoms with van der Waals surface area (Å²) in [7, 11) is 0. The van der Waals surface area contributed by atoms with Gasteiger partial charge in [0.15, 0.2) is 28.9 Å². The number of carbonyl (C=O) groups excluding carboxylic acids is 1. The molecule has 3 aliphatic heterocycles. The Morgan fingerprint density at radius 2 is 1.88 bits per heavy atom. The zero-order valence-electron chi connectivity index (χ0n) is 29.6. The molecule has 3 fully saturated rings. The normalized spacial score (nSPS) is 32.2. The minimum absolute atomic E-state index is 0.00322. The predicted molar refractivity (Wildman–Crippen MR) is 202 cm³/mol. The molecular formula is C32H34N10O10P2S2. The Morgan fingerprint density at radius 1 is 1.07 bits per heavy atom. The number of aromatic amines is 1. The Kier molecular flexibility index (Phi) is 10.9. The first kappa shape index (κ1) is 38.9. The van der Waals surface area contributed by atoms with Gasteiger partial charge in [0.25, 0.3) is 5.91 Å². The topological polar surface area (TPSA) is 241 Å². The van der Waals surface area contributed by atoms with Crippen molar-refractivity contribution in [2.24, 2.45) is 11.8 Å². The Morgan fingerprint density at radius 3 is 2.68 bits per heavy atom. The number of hydrogen-bond acceptors (Lipinski definition) is 17. The lowest BCUT2D eigenvalue weighted by Gasteiger charge is -2.30. The first-order valence-electron chi connectivity index (χ1n) is 17.3. The van der Waals surface area contributed by atoms with Gasteiger partial charge >= 0.3 is 19.2 Å². The van der Waals surface area contributed by atoms with Crippen LogP contribution in [0, 0.1) is 23.2 Å². The second kappa shape index (κ2) is 15.8.